The minimum Gasteiger partial charge on any atom is -0.371 e. The predicted octanol–water partition coefficient (Wildman–Crippen LogP) is 2.28. The summed E-state index contributed by atoms with van der Waals surface area (Å²) in [4.78, 5) is 67.3. The third kappa shape index (κ3) is 7.82. The van der Waals surface area contributed by atoms with E-state index in [0.717, 1.165) is 63.4 Å². The number of amides is 6. The van der Waals surface area contributed by atoms with Gasteiger partial charge in [0.05, 0.1) is 11.7 Å². The van der Waals surface area contributed by atoms with Crippen LogP contribution < -0.4 is 36.0 Å². The van der Waals surface area contributed by atoms with Crippen molar-refractivity contribution < 1.29 is 23.6 Å². The standard InChI is InChI=1S/C38H48FN13O4/c1-46-15-20-52(38(46)56)29-3-2-12-50(24-29)36-43-35(33(34(40)54)44-45-36)41-26-4-9-31(30(39)21-26)48-18-16-47(17-19-48)22-25-10-13-49(23-25)27-5-7-28(8-6-27)51-14-11-32(53)42-37(51)55/h4-9,21,25,29H,2-3,10-20,22-24H2,1H3,(H2,40,54)(H,41,43,45)(H,42,53,55)/t25-,29+/m0/s1. The molecule has 0 aliphatic carbocycles. The Labute approximate surface area is 324 Å². The highest BCUT2D eigenvalue weighted by Crippen LogP contribution is 2.30. The second-order valence-electron chi connectivity index (χ2n) is 15.3. The van der Waals surface area contributed by atoms with Crippen molar-refractivity contribution >= 4 is 58.4 Å². The second kappa shape index (κ2) is 15.8. The number of imide groups is 1. The van der Waals surface area contributed by atoms with Gasteiger partial charge in [0.15, 0.2) is 11.5 Å². The van der Waals surface area contributed by atoms with E-state index < -0.39 is 11.7 Å². The summed E-state index contributed by atoms with van der Waals surface area (Å²) in [6.07, 6.45) is 3.09. The lowest BCUT2D eigenvalue weighted by atomic mass is 10.0. The van der Waals surface area contributed by atoms with E-state index in [2.05, 4.69) is 40.5 Å². The number of benzene rings is 2. The number of urea groups is 2. The molecule has 5 aliphatic rings. The van der Waals surface area contributed by atoms with Gasteiger partial charge in [-0.25, -0.2) is 14.0 Å². The summed E-state index contributed by atoms with van der Waals surface area (Å²) >= 11 is 0. The van der Waals surface area contributed by atoms with Crippen molar-refractivity contribution in [1.82, 2.24) is 35.2 Å². The zero-order valence-electron chi connectivity index (χ0n) is 31.6. The van der Waals surface area contributed by atoms with Gasteiger partial charge in [0.25, 0.3) is 5.91 Å². The molecule has 5 aliphatic heterocycles. The van der Waals surface area contributed by atoms with Gasteiger partial charge in [-0.15, -0.1) is 10.2 Å². The molecular formula is C38H48FN13O4. The molecule has 2 aromatic carbocycles. The van der Waals surface area contributed by atoms with E-state index in [4.69, 9.17) is 5.73 Å². The maximum Gasteiger partial charge on any atom is 0.328 e. The quantitative estimate of drug-likeness (QED) is 0.275. The van der Waals surface area contributed by atoms with Crippen LogP contribution in [0.25, 0.3) is 0 Å². The van der Waals surface area contributed by atoms with Crippen molar-refractivity contribution in [2.45, 2.75) is 31.7 Å². The highest BCUT2D eigenvalue weighted by molar-refractivity contribution is 6.05. The molecule has 5 saturated heterocycles. The third-order valence-electron chi connectivity index (χ3n) is 11.6. The summed E-state index contributed by atoms with van der Waals surface area (Å²) in [6, 6.07) is 12.5. The number of halogens is 1. The first kappa shape index (κ1) is 37.2. The summed E-state index contributed by atoms with van der Waals surface area (Å²) in [5.74, 6) is -0.530. The Morgan fingerprint density at radius 2 is 1.66 bits per heavy atom. The minimum absolute atomic E-state index is 0.0114. The van der Waals surface area contributed by atoms with Crippen LogP contribution in [-0.4, -0.2) is 145 Å². The first-order valence-electron chi connectivity index (χ1n) is 19.4. The molecule has 56 heavy (non-hydrogen) atoms. The summed E-state index contributed by atoms with van der Waals surface area (Å²) < 4.78 is 15.7. The molecule has 0 bridgehead atoms. The molecule has 0 spiro atoms. The maximum atomic E-state index is 15.7. The van der Waals surface area contributed by atoms with Crippen LogP contribution in [0.4, 0.5) is 48.5 Å². The van der Waals surface area contributed by atoms with Crippen LogP contribution in [0, 0.1) is 11.7 Å². The normalized spacial score (nSPS) is 22.3. The first-order valence-corrected chi connectivity index (χ1v) is 19.4. The summed E-state index contributed by atoms with van der Waals surface area (Å²) in [7, 11) is 1.80. The van der Waals surface area contributed by atoms with E-state index in [1.807, 2.05) is 34.1 Å². The number of rotatable bonds is 10. The predicted molar refractivity (Wildman–Crippen MR) is 209 cm³/mol. The number of nitrogens with two attached hydrogens (primary N) is 1. The van der Waals surface area contributed by atoms with Gasteiger partial charge >= 0.3 is 12.1 Å². The number of piperazine rings is 1. The lowest BCUT2D eigenvalue weighted by molar-refractivity contribution is -0.120. The number of anilines is 6. The Morgan fingerprint density at radius 3 is 2.38 bits per heavy atom. The molecule has 0 radical (unpaired) electrons. The number of carbonyl (C=O) groups is 4. The number of primary amides is 1. The van der Waals surface area contributed by atoms with Crippen molar-refractivity contribution in [3.63, 3.8) is 0 Å². The molecule has 8 rings (SSSR count). The van der Waals surface area contributed by atoms with E-state index in [1.165, 1.54) is 6.07 Å². The number of hydrogen-bond acceptors (Lipinski definition) is 12. The minimum atomic E-state index is -0.805. The van der Waals surface area contributed by atoms with Crippen molar-refractivity contribution in [2.75, 3.05) is 111 Å². The highest BCUT2D eigenvalue weighted by Gasteiger charge is 2.35. The number of carbonyl (C=O) groups excluding carboxylic acids is 4. The fourth-order valence-electron chi connectivity index (χ4n) is 8.49. The van der Waals surface area contributed by atoms with Gasteiger partial charge in [0.2, 0.25) is 11.9 Å². The van der Waals surface area contributed by atoms with Gasteiger partial charge < -0.3 is 35.6 Å². The third-order valence-corrected chi connectivity index (χ3v) is 11.6. The van der Waals surface area contributed by atoms with Gasteiger partial charge in [0.1, 0.15) is 5.82 Å². The Morgan fingerprint density at radius 1 is 0.875 bits per heavy atom. The summed E-state index contributed by atoms with van der Waals surface area (Å²) in [5.41, 5.74) is 8.27. The SMILES string of the molecule is CN1CCN([C@@H]2CCCN(c3nnc(C(N)=O)c(Nc4ccc(N5CCN(C[C@@H]6CCN(c7ccc(N8CCC(=O)NC8=O)cc7)C6)CC5)c(F)c4)n3)C2)C1=O. The van der Waals surface area contributed by atoms with Crippen LogP contribution in [0.3, 0.4) is 0 Å². The van der Waals surface area contributed by atoms with Crippen LogP contribution in [0.1, 0.15) is 36.2 Å². The summed E-state index contributed by atoms with van der Waals surface area (Å²) in [6.45, 7) is 8.85. The molecule has 2 atom stereocenters. The van der Waals surface area contributed by atoms with Crippen molar-refractivity contribution in [2.24, 2.45) is 11.7 Å². The largest absolute Gasteiger partial charge is 0.371 e. The second-order valence-corrected chi connectivity index (χ2v) is 15.3. The lowest BCUT2D eigenvalue weighted by Gasteiger charge is -2.37. The number of hydrogen-bond donors (Lipinski definition) is 3. The van der Waals surface area contributed by atoms with Crippen molar-refractivity contribution in [3.8, 4) is 0 Å². The van der Waals surface area contributed by atoms with E-state index in [9.17, 15) is 19.2 Å². The van der Waals surface area contributed by atoms with Gasteiger partial charge in [-0.1, -0.05) is 0 Å². The smallest absolute Gasteiger partial charge is 0.328 e. The Balaban J connectivity index is 0.842. The van der Waals surface area contributed by atoms with Crippen LogP contribution in [0.15, 0.2) is 42.5 Å². The highest BCUT2D eigenvalue weighted by atomic mass is 19.1. The monoisotopic (exact) mass is 769 g/mol. The van der Waals surface area contributed by atoms with Gasteiger partial charge in [0, 0.05) is 109 Å². The number of nitrogens with zero attached hydrogens (tertiary/aromatic N) is 10. The fourth-order valence-corrected chi connectivity index (χ4v) is 8.49. The summed E-state index contributed by atoms with van der Waals surface area (Å²) in [5, 5.41) is 13.7. The molecule has 18 heteroatoms. The molecule has 296 valence electrons. The molecule has 6 amide bonds. The number of piperidine rings is 1. The molecule has 3 aromatic rings. The molecule has 5 fully saturated rings. The Kier molecular flexibility index (Phi) is 10.5. The molecular weight excluding hydrogens is 722 g/mol. The lowest BCUT2D eigenvalue weighted by Crippen LogP contribution is -2.49. The molecule has 0 saturated carbocycles. The number of likely N-dealkylation sites (N-methyl/N-ethyl adjacent to an activating group) is 1. The Hall–Kier alpha value is -5.78. The maximum absolute atomic E-state index is 15.7. The topological polar surface area (TPSA) is 180 Å². The van der Waals surface area contributed by atoms with Crippen LogP contribution in [0.2, 0.25) is 0 Å². The zero-order chi connectivity index (χ0) is 38.9. The molecule has 1 aromatic heterocycles. The van der Waals surface area contributed by atoms with Gasteiger partial charge in [-0.2, -0.15) is 4.98 Å². The molecule has 6 heterocycles. The molecule has 4 N–H and O–H groups in total. The average Bonchev–Trinajstić information content (AvgIpc) is 3.80. The van der Waals surface area contributed by atoms with E-state index in [-0.39, 0.29) is 35.5 Å². The fraction of sp³-hybridized carbons (Fsp3) is 0.500. The van der Waals surface area contributed by atoms with E-state index >= 15 is 4.39 Å². The van der Waals surface area contributed by atoms with Gasteiger partial charge in [-0.3, -0.25) is 24.7 Å². The molecule has 0 unspecified atom stereocenters. The van der Waals surface area contributed by atoms with Crippen LogP contribution >= 0.6 is 0 Å². The first-order chi connectivity index (χ1) is 27.1. The average molecular weight is 770 g/mol. The Bertz CT molecular complexity index is 1980. The van der Waals surface area contributed by atoms with Crippen molar-refractivity contribution in [3.05, 3.63) is 54.0 Å². The van der Waals surface area contributed by atoms with Crippen LogP contribution in [-0.2, 0) is 4.79 Å². The van der Waals surface area contributed by atoms with E-state index in [0.29, 0.717) is 75.5 Å². The number of aromatic nitrogens is 3. The van der Waals surface area contributed by atoms with Gasteiger partial charge in [-0.05, 0) is 67.6 Å². The van der Waals surface area contributed by atoms with Crippen LogP contribution in [0.5, 0.6) is 0 Å². The van der Waals surface area contributed by atoms with Crippen molar-refractivity contribution in [1.29, 1.82) is 0 Å². The number of nitrogens with one attached hydrogen (secondary N) is 2. The zero-order valence-corrected chi connectivity index (χ0v) is 31.6. The van der Waals surface area contributed by atoms with E-state index in [1.54, 1.807) is 29.0 Å². The molecule has 17 nitrogen and oxygen atoms in total.